The normalized spacial score (nSPS) is 22.0. The van der Waals surface area contributed by atoms with Gasteiger partial charge in [-0.3, -0.25) is 4.79 Å². The first-order valence-electron chi connectivity index (χ1n) is 10.1. The van der Waals surface area contributed by atoms with Gasteiger partial charge < -0.3 is 9.80 Å². The summed E-state index contributed by atoms with van der Waals surface area (Å²) >= 11 is 1.01. The molecule has 0 N–H and O–H groups in total. The molecule has 29 heavy (non-hydrogen) atoms. The number of benzene rings is 1. The van der Waals surface area contributed by atoms with E-state index in [0.29, 0.717) is 43.1 Å². The molecule has 4 rings (SSSR count). The highest BCUT2D eigenvalue weighted by molar-refractivity contribution is 7.89. The first kappa shape index (κ1) is 20.6. The van der Waals surface area contributed by atoms with E-state index in [9.17, 15) is 13.2 Å². The minimum atomic E-state index is -3.66. The summed E-state index contributed by atoms with van der Waals surface area (Å²) < 4.78 is 36.0. The second-order valence-electron chi connectivity index (χ2n) is 8.26. The lowest BCUT2D eigenvalue weighted by Crippen LogP contribution is -2.52. The predicted molar refractivity (Wildman–Crippen MR) is 112 cm³/mol. The maximum Gasteiger partial charge on any atom is 0.245 e. The number of sulfonamides is 1. The average Bonchev–Trinajstić information content (AvgIpc) is 3.36. The zero-order chi connectivity index (χ0) is 20.6. The van der Waals surface area contributed by atoms with Crippen molar-refractivity contribution in [2.75, 3.05) is 45.8 Å². The van der Waals surface area contributed by atoms with Gasteiger partial charge in [0.2, 0.25) is 15.9 Å². The largest absolute Gasteiger partial charge is 0.340 e. The Morgan fingerprint density at radius 3 is 2.66 bits per heavy atom. The molecule has 8 nitrogen and oxygen atoms in total. The molecule has 1 unspecified atom stereocenters. The van der Waals surface area contributed by atoms with Gasteiger partial charge in [-0.1, -0.05) is 19.9 Å². The van der Waals surface area contributed by atoms with Crippen molar-refractivity contribution in [2.24, 2.45) is 11.8 Å². The zero-order valence-corrected chi connectivity index (χ0v) is 18.5. The van der Waals surface area contributed by atoms with Gasteiger partial charge in [-0.25, -0.2) is 8.42 Å². The second kappa shape index (κ2) is 8.25. The number of hydrogen-bond acceptors (Lipinski definition) is 7. The number of hydrogen-bond donors (Lipinski definition) is 0. The molecule has 0 spiro atoms. The molecule has 0 saturated carbocycles. The molecule has 10 heteroatoms. The van der Waals surface area contributed by atoms with Crippen LogP contribution >= 0.6 is 11.7 Å². The van der Waals surface area contributed by atoms with Gasteiger partial charge in [0.05, 0.1) is 17.6 Å². The lowest BCUT2D eigenvalue weighted by molar-refractivity contribution is -0.136. The molecule has 1 amide bonds. The Hall–Kier alpha value is -1.62. The summed E-state index contributed by atoms with van der Waals surface area (Å²) in [7, 11) is -3.66. The van der Waals surface area contributed by atoms with E-state index in [2.05, 4.69) is 27.5 Å². The van der Waals surface area contributed by atoms with Crippen LogP contribution in [0.15, 0.2) is 23.1 Å². The molecular formula is C19H27N5O3S2. The van der Waals surface area contributed by atoms with Crippen LogP contribution < -0.4 is 0 Å². The summed E-state index contributed by atoms with van der Waals surface area (Å²) in [6.07, 6.45) is 0.892. The van der Waals surface area contributed by atoms with Gasteiger partial charge in [0, 0.05) is 39.3 Å². The topological polar surface area (TPSA) is 86.7 Å². The summed E-state index contributed by atoms with van der Waals surface area (Å²) in [6, 6.07) is 5.04. The van der Waals surface area contributed by atoms with Crippen LogP contribution in [0.3, 0.4) is 0 Å². The Balaban J connectivity index is 1.39. The third-order valence-electron chi connectivity index (χ3n) is 5.66. The number of amides is 1. The standard InChI is InChI=1S/C19H27N5O3S2/c1-14(2)12-22-7-6-15(13-22)19(25)23-8-10-24(11-9-23)29(26,27)17-5-3-4-16-18(17)21-28-20-16/h3-5,14-15H,6-13H2,1-2H3. The van der Waals surface area contributed by atoms with Crippen LogP contribution in [-0.4, -0.2) is 83.0 Å². The van der Waals surface area contributed by atoms with E-state index in [0.717, 1.165) is 37.8 Å². The van der Waals surface area contributed by atoms with E-state index in [1.165, 1.54) is 4.31 Å². The molecule has 2 aliphatic heterocycles. The van der Waals surface area contributed by atoms with E-state index >= 15 is 0 Å². The Kier molecular flexibility index (Phi) is 5.87. The van der Waals surface area contributed by atoms with Crippen LogP contribution in [0.2, 0.25) is 0 Å². The van der Waals surface area contributed by atoms with Crippen molar-refractivity contribution in [1.29, 1.82) is 0 Å². The third kappa shape index (κ3) is 4.16. The summed E-state index contributed by atoms with van der Waals surface area (Å²) in [5.41, 5.74) is 1.02. The number of fused-ring (bicyclic) bond motifs is 1. The molecule has 2 fully saturated rings. The van der Waals surface area contributed by atoms with Gasteiger partial charge in [-0.05, 0) is 31.0 Å². The van der Waals surface area contributed by atoms with Crippen LogP contribution in [0.4, 0.5) is 0 Å². The first-order chi connectivity index (χ1) is 13.9. The highest BCUT2D eigenvalue weighted by Gasteiger charge is 2.36. The summed E-state index contributed by atoms with van der Waals surface area (Å²) in [4.78, 5) is 17.3. The number of nitrogens with zero attached hydrogens (tertiary/aromatic N) is 5. The number of rotatable bonds is 5. The number of aromatic nitrogens is 2. The van der Waals surface area contributed by atoms with Crippen LogP contribution in [0.1, 0.15) is 20.3 Å². The lowest BCUT2D eigenvalue weighted by Gasteiger charge is -2.35. The number of piperazine rings is 1. The van der Waals surface area contributed by atoms with Crippen molar-refractivity contribution in [1.82, 2.24) is 22.9 Å². The van der Waals surface area contributed by atoms with E-state index in [-0.39, 0.29) is 16.7 Å². The number of likely N-dealkylation sites (tertiary alicyclic amines) is 1. The van der Waals surface area contributed by atoms with Crippen molar-refractivity contribution in [2.45, 2.75) is 25.2 Å². The zero-order valence-electron chi connectivity index (χ0n) is 16.8. The molecule has 0 bridgehead atoms. The second-order valence-corrected chi connectivity index (χ2v) is 10.7. The fourth-order valence-electron chi connectivity index (χ4n) is 4.25. The van der Waals surface area contributed by atoms with E-state index in [4.69, 9.17) is 0 Å². The highest BCUT2D eigenvalue weighted by atomic mass is 32.2. The molecule has 2 aliphatic rings. The van der Waals surface area contributed by atoms with Crippen molar-refractivity contribution < 1.29 is 13.2 Å². The molecule has 158 valence electrons. The minimum absolute atomic E-state index is 0.0340. The van der Waals surface area contributed by atoms with E-state index < -0.39 is 10.0 Å². The third-order valence-corrected chi connectivity index (χ3v) is 8.13. The van der Waals surface area contributed by atoms with Crippen LogP contribution in [0, 0.1) is 11.8 Å². The first-order valence-corrected chi connectivity index (χ1v) is 12.3. The highest BCUT2D eigenvalue weighted by Crippen LogP contribution is 2.26. The molecule has 3 heterocycles. The Morgan fingerprint density at radius 2 is 1.93 bits per heavy atom. The quantitative estimate of drug-likeness (QED) is 0.705. The molecular weight excluding hydrogens is 410 g/mol. The van der Waals surface area contributed by atoms with Gasteiger partial charge in [-0.2, -0.15) is 13.1 Å². The SMILES string of the molecule is CC(C)CN1CCC(C(=O)N2CCN(S(=O)(=O)c3cccc4nsnc34)CC2)C1. The summed E-state index contributed by atoms with van der Waals surface area (Å²) in [6.45, 7) is 8.67. The van der Waals surface area contributed by atoms with Crippen LogP contribution in [-0.2, 0) is 14.8 Å². The smallest absolute Gasteiger partial charge is 0.245 e. The van der Waals surface area contributed by atoms with Gasteiger partial charge >= 0.3 is 0 Å². The molecule has 1 aromatic carbocycles. The van der Waals surface area contributed by atoms with Crippen LogP contribution in [0.5, 0.6) is 0 Å². The molecule has 1 aromatic heterocycles. The van der Waals surface area contributed by atoms with Crippen LogP contribution in [0.25, 0.3) is 11.0 Å². The molecule has 2 aromatic rings. The molecule has 1 atom stereocenters. The van der Waals surface area contributed by atoms with Crippen molar-refractivity contribution in [3.05, 3.63) is 18.2 Å². The Labute approximate surface area is 175 Å². The monoisotopic (exact) mass is 437 g/mol. The van der Waals surface area contributed by atoms with Gasteiger partial charge in [0.15, 0.2) is 0 Å². The molecule has 0 aliphatic carbocycles. The number of carbonyl (C=O) groups excluding carboxylic acids is 1. The number of carbonyl (C=O) groups is 1. The van der Waals surface area contributed by atoms with Crippen molar-refractivity contribution in [3.8, 4) is 0 Å². The fraction of sp³-hybridized carbons (Fsp3) is 0.632. The summed E-state index contributed by atoms with van der Waals surface area (Å²) in [5, 5.41) is 0. The van der Waals surface area contributed by atoms with Gasteiger partial charge in [0.1, 0.15) is 15.9 Å². The molecule has 0 radical (unpaired) electrons. The summed E-state index contributed by atoms with van der Waals surface area (Å²) in [5.74, 6) is 0.792. The Bertz CT molecular complexity index is 983. The average molecular weight is 438 g/mol. The minimum Gasteiger partial charge on any atom is -0.340 e. The lowest BCUT2D eigenvalue weighted by atomic mass is 10.1. The molecule has 2 saturated heterocycles. The van der Waals surface area contributed by atoms with Crippen molar-refractivity contribution in [3.63, 3.8) is 0 Å². The van der Waals surface area contributed by atoms with E-state index in [1.807, 2.05) is 4.90 Å². The maximum absolute atomic E-state index is 13.1. The van der Waals surface area contributed by atoms with Crippen molar-refractivity contribution >= 4 is 38.7 Å². The Morgan fingerprint density at radius 1 is 1.17 bits per heavy atom. The van der Waals surface area contributed by atoms with Gasteiger partial charge in [-0.15, -0.1) is 0 Å². The predicted octanol–water partition coefficient (Wildman–Crippen LogP) is 1.50. The van der Waals surface area contributed by atoms with Gasteiger partial charge in [0.25, 0.3) is 0 Å². The fourth-order valence-corrected chi connectivity index (χ4v) is 6.43. The maximum atomic E-state index is 13.1. The van der Waals surface area contributed by atoms with E-state index in [1.54, 1.807) is 18.2 Å².